The van der Waals surface area contributed by atoms with Crippen LogP contribution in [0.4, 0.5) is 0 Å². The maximum atomic E-state index is 3.61. The number of rotatable bonds is 0. The van der Waals surface area contributed by atoms with Crippen LogP contribution in [0.3, 0.4) is 0 Å². The van der Waals surface area contributed by atoms with Crippen LogP contribution in [-0.4, -0.2) is 0 Å². The fraction of sp³-hybridized carbons (Fsp3) is 0.0870. The molecule has 2 aromatic heterocycles. The molecule has 4 nitrogen and oxygen atoms in total. The van der Waals surface area contributed by atoms with E-state index in [1.807, 2.05) is 0 Å². The van der Waals surface area contributed by atoms with E-state index in [9.17, 15) is 0 Å². The summed E-state index contributed by atoms with van der Waals surface area (Å²) in [6.07, 6.45) is 0. The average Bonchev–Trinajstić information content (AvgIpc) is 3.17. The van der Waals surface area contributed by atoms with Gasteiger partial charge in [0.15, 0.2) is 0 Å². The minimum Gasteiger partial charge on any atom is -0.184 e. The molecule has 0 amide bonds. The van der Waals surface area contributed by atoms with Crippen LogP contribution in [-0.2, 0) is 28.2 Å². The summed E-state index contributed by atoms with van der Waals surface area (Å²) in [4.78, 5) is 0. The van der Waals surface area contributed by atoms with E-state index < -0.39 is 0 Å². The highest BCUT2D eigenvalue weighted by molar-refractivity contribution is 6.10. The molecular formula is C46H34N4+4. The van der Waals surface area contributed by atoms with Crippen molar-refractivity contribution in [2.24, 2.45) is 28.2 Å². The molecular weight excluding hydrogens is 609 g/mol. The zero-order valence-electron chi connectivity index (χ0n) is 28.5. The number of aromatic nitrogens is 4. The Hall–Kier alpha value is -6.62. The highest BCUT2D eigenvalue weighted by atomic mass is 15.0. The lowest BCUT2D eigenvalue weighted by molar-refractivity contribution is -0.658. The first-order valence-electron chi connectivity index (χ1n) is 16.9. The Morgan fingerprint density at radius 2 is 0.580 bits per heavy atom. The molecule has 0 N–H and O–H groups in total. The number of benzene rings is 7. The predicted octanol–water partition coefficient (Wildman–Crippen LogP) is 6.70. The third-order valence-electron chi connectivity index (χ3n) is 10.2. The summed E-state index contributed by atoms with van der Waals surface area (Å²) in [5.74, 6) is 14.3. The van der Waals surface area contributed by atoms with E-state index in [-0.39, 0.29) is 0 Å². The lowest BCUT2D eigenvalue weighted by Crippen LogP contribution is -2.41. The number of aryl methyl sites for hydroxylation is 4. The second-order valence-electron chi connectivity index (χ2n) is 13.0. The maximum absolute atomic E-state index is 3.61. The molecule has 0 saturated heterocycles. The van der Waals surface area contributed by atoms with Gasteiger partial charge in [0.2, 0.25) is 0 Å². The first kappa shape index (κ1) is 29.5. The molecule has 0 aliphatic carbocycles. The number of hydrogen-bond acceptors (Lipinski definition) is 0. The molecule has 0 saturated carbocycles. The van der Waals surface area contributed by atoms with Crippen molar-refractivity contribution < 1.29 is 18.3 Å². The molecule has 0 bridgehead atoms. The maximum Gasteiger partial charge on any atom is 0.279 e. The molecule has 9 aromatic rings. The quantitative estimate of drug-likeness (QED) is 0.0994. The van der Waals surface area contributed by atoms with Gasteiger partial charge in [-0.05, 0) is 33.7 Å². The van der Waals surface area contributed by atoms with Gasteiger partial charge in [-0.3, -0.25) is 0 Å². The average molecular weight is 643 g/mol. The first-order valence-corrected chi connectivity index (χ1v) is 16.9. The minimum absolute atomic E-state index is 0.978. The van der Waals surface area contributed by atoms with Crippen LogP contribution in [0.2, 0.25) is 0 Å². The van der Waals surface area contributed by atoms with Crippen molar-refractivity contribution in [3.8, 4) is 23.7 Å². The fourth-order valence-corrected chi connectivity index (χ4v) is 7.56. The standard InChI is InChI=1S/C46H34N4/c1-47-39-17-9-11-19-41(39)49(3)45-29-31(23-27-43(45)47)21-25-37-33-13-5-7-15-35(33)38(36-16-8-6-14-34(36)37)26-22-32-24-28-44-46(30-32)50(4)42-20-12-10-18-40(42)48(44)2/h5-20,23-24,27-30H,1-4H3/q+4. The van der Waals surface area contributed by atoms with E-state index in [0.29, 0.717) is 0 Å². The normalized spacial score (nSPS) is 11.3. The van der Waals surface area contributed by atoms with Crippen LogP contribution in [0.25, 0.3) is 65.7 Å². The van der Waals surface area contributed by atoms with Crippen molar-refractivity contribution in [1.29, 1.82) is 0 Å². The number of hydrogen-bond donors (Lipinski definition) is 0. The summed E-state index contributed by atoms with van der Waals surface area (Å²) in [7, 11) is 8.51. The van der Waals surface area contributed by atoms with E-state index in [1.165, 1.54) is 22.1 Å². The van der Waals surface area contributed by atoms with Crippen molar-refractivity contribution in [2.45, 2.75) is 0 Å². The molecule has 4 heteroatoms. The molecule has 0 aliphatic rings. The monoisotopic (exact) mass is 642 g/mol. The molecule has 9 rings (SSSR count). The van der Waals surface area contributed by atoms with Gasteiger partial charge in [-0.1, -0.05) is 96.5 Å². The minimum atomic E-state index is 0.978. The first-order chi connectivity index (χ1) is 24.5. The van der Waals surface area contributed by atoms with Crippen LogP contribution in [0.15, 0.2) is 133 Å². The molecule has 0 atom stereocenters. The van der Waals surface area contributed by atoms with E-state index >= 15 is 0 Å². The van der Waals surface area contributed by atoms with Gasteiger partial charge < -0.3 is 0 Å². The zero-order chi connectivity index (χ0) is 33.9. The number of para-hydroxylation sites is 4. The summed E-state index contributed by atoms with van der Waals surface area (Å²) in [6.45, 7) is 0. The van der Waals surface area contributed by atoms with Crippen molar-refractivity contribution in [3.05, 3.63) is 156 Å². The second-order valence-corrected chi connectivity index (χ2v) is 13.0. The Morgan fingerprint density at radius 3 is 0.920 bits per heavy atom. The summed E-state index contributed by atoms with van der Waals surface area (Å²) in [6, 6.07) is 47.1. The van der Waals surface area contributed by atoms with Gasteiger partial charge in [-0.2, -0.15) is 18.3 Å². The predicted molar refractivity (Wildman–Crippen MR) is 201 cm³/mol. The Balaban J connectivity index is 1.19. The Bertz CT molecular complexity index is 2780. The second kappa shape index (κ2) is 11.5. The summed E-state index contributed by atoms with van der Waals surface area (Å²) < 4.78 is 9.02. The van der Waals surface area contributed by atoms with E-state index in [4.69, 9.17) is 0 Å². The van der Waals surface area contributed by atoms with Crippen molar-refractivity contribution in [2.75, 3.05) is 0 Å². The van der Waals surface area contributed by atoms with Gasteiger partial charge in [-0.15, -0.1) is 0 Å². The highest BCUT2D eigenvalue weighted by Crippen LogP contribution is 2.32. The molecule has 0 radical (unpaired) electrons. The number of nitrogens with zero attached hydrogens (tertiary/aromatic N) is 4. The molecule has 7 aromatic carbocycles. The summed E-state index contributed by atoms with van der Waals surface area (Å²) in [5, 5.41) is 4.43. The van der Waals surface area contributed by atoms with Crippen molar-refractivity contribution in [1.82, 2.24) is 0 Å². The van der Waals surface area contributed by atoms with E-state index in [0.717, 1.165) is 65.9 Å². The lowest BCUT2D eigenvalue weighted by atomic mass is 9.92. The molecule has 0 aliphatic heterocycles. The molecule has 234 valence electrons. The van der Waals surface area contributed by atoms with Crippen LogP contribution in [0.5, 0.6) is 0 Å². The summed E-state index contributed by atoms with van der Waals surface area (Å²) >= 11 is 0. The SMILES string of the molecule is C[n+]1c2ccccc2[n+](C)c2cc(C#Cc3c4ccccc4c(C#Cc4ccc5c(c4)[n+](C)c4ccccc4[n+]5C)c4ccccc34)ccc21. The lowest BCUT2D eigenvalue weighted by Gasteiger charge is -2.10. The Kier molecular flexibility index (Phi) is 6.80. The summed E-state index contributed by atoms with van der Waals surface area (Å²) in [5.41, 5.74) is 13.4. The number of fused-ring (bicyclic) bond motifs is 6. The Morgan fingerprint density at radius 1 is 0.300 bits per heavy atom. The Labute approximate surface area is 290 Å². The fourth-order valence-electron chi connectivity index (χ4n) is 7.56. The van der Waals surface area contributed by atoms with Gasteiger partial charge in [0, 0.05) is 70.8 Å². The smallest absolute Gasteiger partial charge is 0.184 e. The molecule has 50 heavy (non-hydrogen) atoms. The largest absolute Gasteiger partial charge is 0.279 e. The zero-order valence-corrected chi connectivity index (χ0v) is 28.5. The third-order valence-corrected chi connectivity index (χ3v) is 10.2. The van der Waals surface area contributed by atoms with Gasteiger partial charge >= 0.3 is 0 Å². The van der Waals surface area contributed by atoms with Crippen molar-refractivity contribution >= 4 is 65.7 Å². The molecule has 0 fully saturated rings. The van der Waals surface area contributed by atoms with E-state index in [1.54, 1.807) is 0 Å². The van der Waals surface area contributed by atoms with Gasteiger partial charge in [0.1, 0.15) is 28.2 Å². The van der Waals surface area contributed by atoms with Crippen LogP contribution < -0.4 is 18.3 Å². The van der Waals surface area contributed by atoms with E-state index in [2.05, 4.69) is 204 Å². The van der Waals surface area contributed by atoms with Gasteiger partial charge in [0.25, 0.3) is 44.1 Å². The van der Waals surface area contributed by atoms with Crippen LogP contribution in [0.1, 0.15) is 22.3 Å². The van der Waals surface area contributed by atoms with Gasteiger partial charge in [0.05, 0.1) is 0 Å². The van der Waals surface area contributed by atoms with Crippen molar-refractivity contribution in [3.63, 3.8) is 0 Å². The van der Waals surface area contributed by atoms with Crippen LogP contribution in [0, 0.1) is 23.7 Å². The van der Waals surface area contributed by atoms with Crippen LogP contribution >= 0.6 is 0 Å². The third kappa shape index (κ3) is 4.58. The molecule has 0 spiro atoms. The molecule has 2 heterocycles. The van der Waals surface area contributed by atoms with Gasteiger partial charge in [-0.25, -0.2) is 0 Å². The topological polar surface area (TPSA) is 15.5 Å². The highest BCUT2D eigenvalue weighted by Gasteiger charge is 2.23. The molecule has 0 unspecified atom stereocenters.